The smallest absolute Gasteiger partial charge is 0.306 e. The lowest BCUT2D eigenvalue weighted by Gasteiger charge is -2.39. The maximum absolute atomic E-state index is 12.7. The van der Waals surface area contributed by atoms with Crippen molar-refractivity contribution >= 4 is 11.9 Å². The van der Waals surface area contributed by atoms with E-state index < -0.39 is 49.4 Å². The van der Waals surface area contributed by atoms with Gasteiger partial charge in [-0.3, -0.25) is 9.59 Å². The van der Waals surface area contributed by atoms with Gasteiger partial charge in [0.2, 0.25) is 0 Å². The van der Waals surface area contributed by atoms with Gasteiger partial charge in [0.05, 0.1) is 13.2 Å². The number of carbonyl (C=O) groups excluding carboxylic acids is 2. The molecule has 49 heavy (non-hydrogen) atoms. The zero-order valence-corrected chi connectivity index (χ0v) is 30.7. The molecule has 6 unspecified atom stereocenters. The molecule has 6 atom stereocenters. The van der Waals surface area contributed by atoms with Gasteiger partial charge in [-0.05, 0) is 57.8 Å². The fraction of sp³-hybridized carbons (Fsp3) is 0.846. The molecular formula is C39H70O10. The fourth-order valence-corrected chi connectivity index (χ4v) is 5.63. The molecule has 0 saturated carbocycles. The molecule has 10 nitrogen and oxygen atoms in total. The highest BCUT2D eigenvalue weighted by atomic mass is 16.7. The van der Waals surface area contributed by atoms with Gasteiger partial charge in [0, 0.05) is 12.8 Å². The molecule has 0 spiro atoms. The minimum atomic E-state index is -1.59. The Morgan fingerprint density at radius 2 is 1.10 bits per heavy atom. The second-order valence-corrected chi connectivity index (χ2v) is 13.4. The van der Waals surface area contributed by atoms with Crippen LogP contribution in [0.25, 0.3) is 0 Å². The summed E-state index contributed by atoms with van der Waals surface area (Å²) in [6.45, 7) is 3.33. The molecule has 286 valence electrons. The highest BCUT2D eigenvalue weighted by Gasteiger charge is 2.44. The molecule has 0 aliphatic carbocycles. The van der Waals surface area contributed by atoms with Crippen LogP contribution < -0.4 is 0 Å². The van der Waals surface area contributed by atoms with Gasteiger partial charge >= 0.3 is 11.9 Å². The van der Waals surface area contributed by atoms with Crippen molar-refractivity contribution in [1.29, 1.82) is 0 Å². The second-order valence-electron chi connectivity index (χ2n) is 13.4. The number of ether oxygens (including phenoxy) is 4. The number of esters is 2. The summed E-state index contributed by atoms with van der Waals surface area (Å²) in [6, 6.07) is 0. The van der Waals surface area contributed by atoms with Crippen molar-refractivity contribution in [3.05, 3.63) is 24.3 Å². The van der Waals surface area contributed by atoms with E-state index in [1.165, 1.54) is 38.5 Å². The Morgan fingerprint density at radius 1 is 0.612 bits per heavy atom. The minimum absolute atomic E-state index is 0.219. The van der Waals surface area contributed by atoms with Gasteiger partial charge in [-0.1, -0.05) is 109 Å². The van der Waals surface area contributed by atoms with Crippen molar-refractivity contribution in [3.63, 3.8) is 0 Å². The first-order valence-electron chi connectivity index (χ1n) is 19.4. The first kappa shape index (κ1) is 45.2. The molecule has 1 aliphatic rings. The second kappa shape index (κ2) is 31.0. The van der Waals surface area contributed by atoms with Gasteiger partial charge in [0.25, 0.3) is 0 Å². The molecule has 0 aromatic heterocycles. The van der Waals surface area contributed by atoms with Gasteiger partial charge in [-0.15, -0.1) is 0 Å². The van der Waals surface area contributed by atoms with E-state index in [9.17, 15) is 30.0 Å². The summed E-state index contributed by atoms with van der Waals surface area (Å²) in [5, 5.41) is 39.9. The van der Waals surface area contributed by atoms with Crippen LogP contribution in [0.5, 0.6) is 0 Å². The predicted molar refractivity (Wildman–Crippen MR) is 192 cm³/mol. The standard InChI is InChI=1S/C39H70O10/c1-3-5-7-9-11-13-15-16-18-20-22-24-26-28-35(42)48-32(31-47-39-38(45)37(44)36(43)33(29-40)49-39)30-46-34(41)27-25-23-21-19-17-14-12-10-8-6-4-2/h10,12-13,15,32-33,36-40,43-45H,3-9,11,14,16-31H2,1-2H3/b12-10-,15-13-. The highest BCUT2D eigenvalue weighted by Crippen LogP contribution is 2.22. The van der Waals surface area contributed by atoms with Crippen molar-refractivity contribution in [2.24, 2.45) is 0 Å². The Labute approximate surface area is 296 Å². The van der Waals surface area contributed by atoms with Gasteiger partial charge in [0.1, 0.15) is 31.0 Å². The van der Waals surface area contributed by atoms with Crippen LogP contribution in [0.15, 0.2) is 24.3 Å². The van der Waals surface area contributed by atoms with Crippen molar-refractivity contribution in [2.75, 3.05) is 19.8 Å². The zero-order chi connectivity index (χ0) is 36.0. The number of unbranched alkanes of at least 4 members (excludes halogenated alkanes) is 16. The molecule has 0 aromatic carbocycles. The number of rotatable bonds is 31. The highest BCUT2D eigenvalue weighted by molar-refractivity contribution is 5.70. The Balaban J connectivity index is 2.41. The third-order valence-corrected chi connectivity index (χ3v) is 8.81. The van der Waals surface area contributed by atoms with E-state index in [-0.39, 0.29) is 32.0 Å². The summed E-state index contributed by atoms with van der Waals surface area (Å²) in [6.07, 6.45) is 23.3. The lowest BCUT2D eigenvalue weighted by Crippen LogP contribution is -2.59. The molecule has 1 saturated heterocycles. The van der Waals surface area contributed by atoms with E-state index in [4.69, 9.17) is 18.9 Å². The largest absolute Gasteiger partial charge is 0.462 e. The third kappa shape index (κ3) is 23.3. The number of hydrogen-bond donors (Lipinski definition) is 4. The molecule has 1 aliphatic heterocycles. The molecule has 1 heterocycles. The number of carbonyl (C=O) groups is 2. The minimum Gasteiger partial charge on any atom is -0.462 e. The van der Waals surface area contributed by atoms with Crippen LogP contribution in [-0.4, -0.2) is 89.0 Å². The lowest BCUT2D eigenvalue weighted by molar-refractivity contribution is -0.305. The number of aliphatic hydroxyl groups excluding tert-OH is 4. The van der Waals surface area contributed by atoms with Gasteiger partial charge in [-0.2, -0.15) is 0 Å². The summed E-state index contributed by atoms with van der Waals surface area (Å²) in [7, 11) is 0. The molecular weight excluding hydrogens is 628 g/mol. The lowest BCUT2D eigenvalue weighted by atomic mass is 9.99. The van der Waals surface area contributed by atoms with Crippen LogP contribution in [0.1, 0.15) is 155 Å². The predicted octanol–water partition coefficient (Wildman–Crippen LogP) is 6.99. The first-order chi connectivity index (χ1) is 23.8. The Bertz CT molecular complexity index is 861. The number of allylic oxidation sites excluding steroid dienone is 4. The molecule has 0 bridgehead atoms. The van der Waals surface area contributed by atoms with Crippen LogP contribution >= 0.6 is 0 Å². The quantitative estimate of drug-likeness (QED) is 0.0339. The van der Waals surface area contributed by atoms with E-state index in [1.54, 1.807) is 0 Å². The summed E-state index contributed by atoms with van der Waals surface area (Å²) in [4.78, 5) is 25.1. The third-order valence-electron chi connectivity index (χ3n) is 8.81. The molecule has 1 rings (SSSR count). The van der Waals surface area contributed by atoms with Crippen LogP contribution in [0.2, 0.25) is 0 Å². The molecule has 4 N–H and O–H groups in total. The van der Waals surface area contributed by atoms with Gasteiger partial charge < -0.3 is 39.4 Å². The Morgan fingerprint density at radius 3 is 1.65 bits per heavy atom. The van der Waals surface area contributed by atoms with Gasteiger partial charge in [-0.25, -0.2) is 0 Å². The van der Waals surface area contributed by atoms with Gasteiger partial charge in [0.15, 0.2) is 12.4 Å². The van der Waals surface area contributed by atoms with E-state index in [1.807, 2.05) is 0 Å². The SMILES string of the molecule is CCCC/C=C\CCCCCCCC(=O)OCC(COC1OC(CO)C(O)C(O)C1O)OC(=O)CCCCCCC/C=C\CCCCCC. The molecule has 10 heteroatoms. The van der Waals surface area contributed by atoms with Crippen LogP contribution in [-0.2, 0) is 28.5 Å². The maximum Gasteiger partial charge on any atom is 0.306 e. The van der Waals surface area contributed by atoms with Crippen molar-refractivity contribution in [1.82, 2.24) is 0 Å². The van der Waals surface area contributed by atoms with E-state index in [0.717, 1.165) is 77.0 Å². The van der Waals surface area contributed by atoms with Crippen LogP contribution in [0.3, 0.4) is 0 Å². The summed E-state index contributed by atoms with van der Waals surface area (Å²) < 4.78 is 22.0. The number of hydrogen-bond acceptors (Lipinski definition) is 10. The number of aliphatic hydroxyl groups is 4. The molecule has 0 aromatic rings. The zero-order valence-electron chi connectivity index (χ0n) is 30.7. The van der Waals surface area contributed by atoms with Crippen molar-refractivity contribution in [3.8, 4) is 0 Å². The Kier molecular flexibility index (Phi) is 28.6. The van der Waals surface area contributed by atoms with E-state index >= 15 is 0 Å². The summed E-state index contributed by atoms with van der Waals surface area (Å²) in [5.74, 6) is -0.830. The first-order valence-corrected chi connectivity index (χ1v) is 19.4. The molecule has 1 fully saturated rings. The van der Waals surface area contributed by atoms with E-state index in [0.29, 0.717) is 12.8 Å². The van der Waals surface area contributed by atoms with Crippen molar-refractivity contribution < 1.29 is 49.0 Å². The fourth-order valence-electron chi connectivity index (χ4n) is 5.63. The Hall–Kier alpha value is -1.82. The summed E-state index contributed by atoms with van der Waals surface area (Å²) >= 11 is 0. The average Bonchev–Trinajstić information content (AvgIpc) is 3.10. The molecule has 0 amide bonds. The van der Waals surface area contributed by atoms with Crippen LogP contribution in [0.4, 0.5) is 0 Å². The summed E-state index contributed by atoms with van der Waals surface area (Å²) in [5.41, 5.74) is 0. The average molecular weight is 699 g/mol. The maximum atomic E-state index is 12.7. The van der Waals surface area contributed by atoms with Crippen LogP contribution in [0, 0.1) is 0 Å². The normalized spacial score (nSPS) is 21.8. The van der Waals surface area contributed by atoms with E-state index in [2.05, 4.69) is 38.2 Å². The topological polar surface area (TPSA) is 152 Å². The monoisotopic (exact) mass is 698 g/mol. The molecule has 0 radical (unpaired) electrons. The van der Waals surface area contributed by atoms with Crippen molar-refractivity contribution in [2.45, 2.75) is 192 Å².